The first-order chi connectivity index (χ1) is 15.5. The first-order valence-corrected chi connectivity index (χ1v) is 11.3. The maximum atomic E-state index is 13.7. The van der Waals surface area contributed by atoms with Crippen LogP contribution in [0.1, 0.15) is 24.4 Å². The smallest absolute Gasteiger partial charge is 0.261 e. The zero-order valence-corrected chi connectivity index (χ0v) is 18.6. The van der Waals surface area contributed by atoms with Gasteiger partial charge in [-0.3, -0.25) is 9.59 Å². The Balaban J connectivity index is 1.56. The molecule has 0 N–H and O–H groups in total. The van der Waals surface area contributed by atoms with E-state index in [2.05, 4.69) is 0 Å². The van der Waals surface area contributed by atoms with Crippen molar-refractivity contribution in [2.24, 2.45) is 0 Å². The van der Waals surface area contributed by atoms with Crippen LogP contribution in [0.4, 0.5) is 4.39 Å². The minimum absolute atomic E-state index is 0.0156. The highest BCUT2D eigenvalue weighted by atomic mass is 32.1. The van der Waals surface area contributed by atoms with E-state index in [0.29, 0.717) is 43.1 Å². The Morgan fingerprint density at radius 3 is 2.69 bits per heavy atom. The lowest BCUT2D eigenvalue weighted by molar-refractivity contribution is -0.136. The van der Waals surface area contributed by atoms with Crippen LogP contribution < -0.4 is 4.74 Å². The minimum atomic E-state index is -0.321. The van der Waals surface area contributed by atoms with Gasteiger partial charge < -0.3 is 14.5 Å². The first kappa shape index (κ1) is 22.0. The van der Waals surface area contributed by atoms with E-state index < -0.39 is 0 Å². The summed E-state index contributed by atoms with van der Waals surface area (Å²) in [7, 11) is 0. The third-order valence-corrected chi connectivity index (χ3v) is 6.40. The summed E-state index contributed by atoms with van der Waals surface area (Å²) >= 11 is 1.44. The molecule has 0 bridgehead atoms. The molecule has 1 aromatic heterocycles. The van der Waals surface area contributed by atoms with Crippen molar-refractivity contribution in [3.8, 4) is 17.0 Å². The van der Waals surface area contributed by atoms with Crippen molar-refractivity contribution in [3.05, 3.63) is 70.8 Å². The molecule has 1 saturated heterocycles. The minimum Gasteiger partial charge on any atom is -0.484 e. The molecule has 0 saturated carbocycles. The van der Waals surface area contributed by atoms with Gasteiger partial charge in [-0.25, -0.2) is 9.37 Å². The van der Waals surface area contributed by atoms with E-state index in [1.54, 1.807) is 28.0 Å². The molecule has 8 heteroatoms. The fourth-order valence-corrected chi connectivity index (χ4v) is 4.74. The molecule has 2 amide bonds. The SMILES string of the molecule is CC(=O)N1CCC(c2nc(-c3cccc(F)c3)cs2)N(C(=O)COc2ccccc2)CC1. The zero-order valence-electron chi connectivity index (χ0n) is 17.7. The van der Waals surface area contributed by atoms with E-state index in [-0.39, 0.29) is 30.3 Å². The van der Waals surface area contributed by atoms with E-state index in [4.69, 9.17) is 9.72 Å². The Morgan fingerprint density at radius 2 is 1.94 bits per heavy atom. The number of nitrogens with zero attached hydrogens (tertiary/aromatic N) is 3. The zero-order chi connectivity index (χ0) is 22.5. The number of aromatic nitrogens is 1. The summed E-state index contributed by atoms with van der Waals surface area (Å²) in [6.07, 6.45) is 0.576. The van der Waals surface area contributed by atoms with Gasteiger partial charge in [-0.2, -0.15) is 0 Å². The molecule has 6 nitrogen and oxygen atoms in total. The Kier molecular flexibility index (Phi) is 6.80. The molecular formula is C24H24FN3O3S. The highest BCUT2D eigenvalue weighted by molar-refractivity contribution is 7.10. The summed E-state index contributed by atoms with van der Waals surface area (Å²) < 4.78 is 19.3. The topological polar surface area (TPSA) is 62.7 Å². The molecule has 1 unspecified atom stereocenters. The second kappa shape index (κ2) is 9.91. The van der Waals surface area contributed by atoms with E-state index in [0.717, 1.165) is 5.01 Å². The molecule has 1 fully saturated rings. The number of rotatable bonds is 5. The molecule has 2 aromatic carbocycles. The van der Waals surface area contributed by atoms with Crippen LogP contribution >= 0.6 is 11.3 Å². The van der Waals surface area contributed by atoms with Crippen LogP contribution in [0.25, 0.3) is 11.3 Å². The van der Waals surface area contributed by atoms with E-state index in [1.165, 1.54) is 30.4 Å². The van der Waals surface area contributed by atoms with Gasteiger partial charge >= 0.3 is 0 Å². The van der Waals surface area contributed by atoms with Gasteiger partial charge in [0.15, 0.2) is 6.61 Å². The molecule has 0 aliphatic carbocycles. The predicted octanol–water partition coefficient (Wildman–Crippen LogP) is 4.15. The average Bonchev–Trinajstić information content (AvgIpc) is 3.17. The largest absolute Gasteiger partial charge is 0.484 e. The summed E-state index contributed by atoms with van der Waals surface area (Å²) in [4.78, 5) is 33.3. The fourth-order valence-electron chi connectivity index (χ4n) is 3.77. The number of halogens is 1. The number of carbonyl (C=O) groups excluding carboxylic acids is 2. The lowest BCUT2D eigenvalue weighted by Crippen LogP contribution is -2.40. The quantitative estimate of drug-likeness (QED) is 0.582. The van der Waals surface area contributed by atoms with Gasteiger partial charge in [0.2, 0.25) is 5.91 Å². The number of carbonyl (C=O) groups is 2. The molecule has 1 aliphatic heterocycles. The molecule has 3 aromatic rings. The summed E-state index contributed by atoms with van der Waals surface area (Å²) in [5.41, 5.74) is 1.36. The van der Waals surface area contributed by atoms with Crippen LogP contribution in [0.3, 0.4) is 0 Å². The molecule has 1 aliphatic rings. The second-order valence-corrected chi connectivity index (χ2v) is 8.47. The number of ether oxygens (including phenoxy) is 1. The van der Waals surface area contributed by atoms with E-state index in [9.17, 15) is 14.0 Å². The average molecular weight is 454 g/mol. The lowest BCUT2D eigenvalue weighted by Gasteiger charge is -2.28. The van der Waals surface area contributed by atoms with Crippen LogP contribution in [-0.2, 0) is 9.59 Å². The van der Waals surface area contributed by atoms with Crippen molar-refractivity contribution >= 4 is 23.2 Å². The number of thiazole rings is 1. The second-order valence-electron chi connectivity index (χ2n) is 7.58. The highest BCUT2D eigenvalue weighted by Gasteiger charge is 2.32. The Bertz CT molecular complexity index is 1090. The van der Waals surface area contributed by atoms with E-state index in [1.807, 2.05) is 29.6 Å². The van der Waals surface area contributed by atoms with Crippen LogP contribution in [0.2, 0.25) is 0 Å². The van der Waals surface area contributed by atoms with Crippen LogP contribution in [-0.4, -0.2) is 52.8 Å². The fraction of sp³-hybridized carbons (Fsp3) is 0.292. The Morgan fingerprint density at radius 1 is 1.12 bits per heavy atom. The van der Waals surface area contributed by atoms with Gasteiger partial charge in [0, 0.05) is 37.5 Å². The van der Waals surface area contributed by atoms with Crippen molar-refractivity contribution in [2.45, 2.75) is 19.4 Å². The van der Waals surface area contributed by atoms with Crippen molar-refractivity contribution in [1.82, 2.24) is 14.8 Å². The van der Waals surface area contributed by atoms with Crippen molar-refractivity contribution in [2.75, 3.05) is 26.2 Å². The van der Waals surface area contributed by atoms with Crippen molar-refractivity contribution in [1.29, 1.82) is 0 Å². The standard InChI is InChI=1S/C24H24FN3O3S/c1-17(29)27-11-10-22(24-26-21(16-32-24)18-6-5-7-19(25)14-18)28(13-12-27)23(30)15-31-20-8-3-2-4-9-20/h2-9,14,16,22H,10-13,15H2,1H3. The molecule has 0 radical (unpaired) electrons. The maximum absolute atomic E-state index is 13.7. The molecule has 1 atom stereocenters. The molecule has 2 heterocycles. The first-order valence-electron chi connectivity index (χ1n) is 10.5. The number of para-hydroxylation sites is 1. The predicted molar refractivity (Wildman–Crippen MR) is 121 cm³/mol. The maximum Gasteiger partial charge on any atom is 0.261 e. The van der Waals surface area contributed by atoms with Gasteiger partial charge in [-0.15, -0.1) is 11.3 Å². The van der Waals surface area contributed by atoms with Gasteiger partial charge in [-0.1, -0.05) is 30.3 Å². The number of amides is 2. The van der Waals surface area contributed by atoms with Crippen LogP contribution in [0, 0.1) is 5.82 Å². The van der Waals surface area contributed by atoms with Gasteiger partial charge in [0.1, 0.15) is 16.6 Å². The number of hydrogen-bond donors (Lipinski definition) is 0. The lowest BCUT2D eigenvalue weighted by atomic mass is 10.1. The number of benzene rings is 2. The third kappa shape index (κ3) is 5.13. The highest BCUT2D eigenvalue weighted by Crippen LogP contribution is 2.32. The normalized spacial score (nSPS) is 16.5. The third-order valence-electron chi connectivity index (χ3n) is 5.46. The molecule has 4 rings (SSSR count). The molecule has 166 valence electrons. The molecule has 32 heavy (non-hydrogen) atoms. The van der Waals surface area contributed by atoms with Crippen LogP contribution in [0.5, 0.6) is 5.75 Å². The van der Waals surface area contributed by atoms with E-state index >= 15 is 0 Å². The van der Waals surface area contributed by atoms with Crippen molar-refractivity contribution in [3.63, 3.8) is 0 Å². The van der Waals surface area contributed by atoms with Crippen LogP contribution in [0.15, 0.2) is 60.0 Å². The van der Waals surface area contributed by atoms with Crippen molar-refractivity contribution < 1.29 is 18.7 Å². The summed E-state index contributed by atoms with van der Waals surface area (Å²) in [6.45, 7) is 2.85. The Labute approximate surface area is 190 Å². The molecular weight excluding hydrogens is 429 g/mol. The van der Waals surface area contributed by atoms with Gasteiger partial charge in [0.05, 0.1) is 11.7 Å². The van der Waals surface area contributed by atoms with Gasteiger partial charge in [0.25, 0.3) is 5.91 Å². The number of hydrogen-bond acceptors (Lipinski definition) is 5. The Hall–Kier alpha value is -3.26. The van der Waals surface area contributed by atoms with Gasteiger partial charge in [-0.05, 0) is 30.7 Å². The monoisotopic (exact) mass is 453 g/mol. The summed E-state index contributed by atoms with van der Waals surface area (Å²) in [6, 6.07) is 15.2. The molecule has 0 spiro atoms. The summed E-state index contributed by atoms with van der Waals surface area (Å²) in [5, 5.41) is 2.64. The summed E-state index contributed by atoms with van der Waals surface area (Å²) in [5.74, 6) is 0.128.